The van der Waals surface area contributed by atoms with Gasteiger partial charge in [-0.1, -0.05) is 25.1 Å². The molecule has 1 aliphatic heterocycles. The highest BCUT2D eigenvalue weighted by molar-refractivity contribution is 6.46. The third kappa shape index (κ3) is 5.12. The van der Waals surface area contributed by atoms with Crippen LogP contribution in [-0.4, -0.2) is 60.3 Å². The number of carbonyl (C=O) groups is 2. The number of rotatable bonds is 10. The highest BCUT2D eigenvalue weighted by Crippen LogP contribution is 2.41. The van der Waals surface area contributed by atoms with Crippen LogP contribution in [0.15, 0.2) is 48.0 Å². The molecule has 0 aliphatic carbocycles. The number of ether oxygens (including phenoxy) is 3. The molecule has 2 aromatic rings. The average Bonchev–Trinajstić information content (AvgIpc) is 3.07. The van der Waals surface area contributed by atoms with Gasteiger partial charge in [0.1, 0.15) is 11.5 Å². The first-order chi connectivity index (χ1) is 15.9. The summed E-state index contributed by atoms with van der Waals surface area (Å²) in [6.45, 7) is 4.96. The molecule has 2 aromatic carbocycles. The topological polar surface area (TPSA) is 106 Å². The number of phenolic OH excluding ortho intramolecular Hbond substituents is 1. The number of phenols is 1. The van der Waals surface area contributed by atoms with E-state index in [2.05, 4.69) is 0 Å². The number of aliphatic hydroxyl groups excluding tert-OH is 1. The Morgan fingerprint density at radius 1 is 1.06 bits per heavy atom. The van der Waals surface area contributed by atoms with E-state index in [0.717, 1.165) is 6.42 Å². The molecule has 33 heavy (non-hydrogen) atoms. The summed E-state index contributed by atoms with van der Waals surface area (Å²) in [5.74, 6) is -1.11. The van der Waals surface area contributed by atoms with Crippen molar-refractivity contribution >= 4 is 17.4 Å². The van der Waals surface area contributed by atoms with E-state index in [4.69, 9.17) is 14.2 Å². The van der Waals surface area contributed by atoms with Crippen molar-refractivity contribution in [2.75, 3.05) is 33.5 Å². The zero-order valence-corrected chi connectivity index (χ0v) is 19.0. The highest BCUT2D eigenvalue weighted by Gasteiger charge is 2.46. The van der Waals surface area contributed by atoms with Crippen LogP contribution in [0.4, 0.5) is 0 Å². The van der Waals surface area contributed by atoms with Crippen LogP contribution in [0, 0.1) is 0 Å². The first kappa shape index (κ1) is 24.1. The van der Waals surface area contributed by atoms with Crippen LogP contribution in [0.2, 0.25) is 0 Å². The summed E-state index contributed by atoms with van der Waals surface area (Å²) in [5, 5.41) is 21.3. The van der Waals surface area contributed by atoms with E-state index in [1.165, 1.54) is 18.1 Å². The van der Waals surface area contributed by atoms with E-state index < -0.39 is 17.7 Å². The predicted octanol–water partition coefficient (Wildman–Crippen LogP) is 3.65. The van der Waals surface area contributed by atoms with Crippen LogP contribution >= 0.6 is 0 Å². The fourth-order valence-corrected chi connectivity index (χ4v) is 3.73. The first-order valence-corrected chi connectivity index (χ1v) is 10.9. The van der Waals surface area contributed by atoms with Gasteiger partial charge in [0.25, 0.3) is 11.7 Å². The second-order valence-corrected chi connectivity index (χ2v) is 7.52. The van der Waals surface area contributed by atoms with Crippen molar-refractivity contribution in [2.45, 2.75) is 26.3 Å². The Bertz CT molecular complexity index is 1050. The minimum Gasteiger partial charge on any atom is -0.507 e. The molecule has 1 fully saturated rings. The molecule has 1 atom stereocenters. The number of ketones is 1. The van der Waals surface area contributed by atoms with E-state index in [1.807, 2.05) is 6.92 Å². The molecule has 1 saturated heterocycles. The van der Waals surface area contributed by atoms with Crippen LogP contribution < -0.4 is 9.47 Å². The third-order valence-corrected chi connectivity index (χ3v) is 5.26. The maximum atomic E-state index is 13.1. The van der Waals surface area contributed by atoms with Crippen LogP contribution in [-0.2, 0) is 14.3 Å². The summed E-state index contributed by atoms with van der Waals surface area (Å²) in [4.78, 5) is 27.3. The standard InChI is InChI=1S/C25H29NO7/c1-4-12-33-18-8-6-7-17(14-18)23(28)21-22(26(11-13-31-3)25(30)24(21)29)16-9-10-19(27)20(15-16)32-5-2/h6-10,14-15,22,27-28H,4-5,11-13H2,1-3H3/b23-21+. The third-order valence-electron chi connectivity index (χ3n) is 5.26. The molecule has 0 saturated carbocycles. The summed E-state index contributed by atoms with van der Waals surface area (Å²) in [6.07, 6.45) is 0.823. The molecule has 0 radical (unpaired) electrons. The van der Waals surface area contributed by atoms with Crippen molar-refractivity contribution in [3.05, 3.63) is 59.2 Å². The number of hydrogen-bond donors (Lipinski definition) is 2. The molecule has 8 nitrogen and oxygen atoms in total. The van der Waals surface area contributed by atoms with Crippen LogP contribution in [0.5, 0.6) is 17.2 Å². The number of amides is 1. The smallest absolute Gasteiger partial charge is 0.295 e. The summed E-state index contributed by atoms with van der Waals surface area (Å²) < 4.78 is 16.2. The van der Waals surface area contributed by atoms with E-state index >= 15 is 0 Å². The molecule has 3 rings (SSSR count). The van der Waals surface area contributed by atoms with Crippen molar-refractivity contribution in [2.24, 2.45) is 0 Å². The van der Waals surface area contributed by atoms with E-state index in [9.17, 15) is 19.8 Å². The largest absolute Gasteiger partial charge is 0.507 e. The van der Waals surface area contributed by atoms with Crippen molar-refractivity contribution in [1.29, 1.82) is 0 Å². The van der Waals surface area contributed by atoms with E-state index in [0.29, 0.717) is 30.1 Å². The van der Waals surface area contributed by atoms with Gasteiger partial charge in [-0.3, -0.25) is 9.59 Å². The molecule has 1 amide bonds. The Balaban J connectivity index is 2.14. The van der Waals surface area contributed by atoms with Crippen LogP contribution in [0.1, 0.15) is 37.4 Å². The first-order valence-electron chi connectivity index (χ1n) is 10.9. The second-order valence-electron chi connectivity index (χ2n) is 7.52. The lowest BCUT2D eigenvalue weighted by Crippen LogP contribution is -2.32. The Hall–Kier alpha value is -3.52. The molecular weight excluding hydrogens is 426 g/mol. The van der Waals surface area contributed by atoms with Gasteiger partial charge in [-0.25, -0.2) is 0 Å². The fraction of sp³-hybridized carbons (Fsp3) is 0.360. The maximum absolute atomic E-state index is 13.1. The van der Waals surface area contributed by atoms with Gasteiger partial charge in [0.15, 0.2) is 11.5 Å². The minimum atomic E-state index is -0.875. The average molecular weight is 456 g/mol. The number of Topliss-reactive ketones (excluding diaryl/α,β-unsaturated/α-hetero) is 1. The van der Waals surface area contributed by atoms with Gasteiger partial charge in [0, 0.05) is 19.2 Å². The van der Waals surface area contributed by atoms with E-state index in [1.54, 1.807) is 43.3 Å². The Morgan fingerprint density at radius 3 is 2.55 bits per heavy atom. The number of carbonyl (C=O) groups excluding carboxylic acids is 2. The molecule has 0 spiro atoms. The van der Waals surface area contributed by atoms with Gasteiger partial charge < -0.3 is 29.3 Å². The lowest BCUT2D eigenvalue weighted by atomic mass is 9.95. The summed E-state index contributed by atoms with van der Waals surface area (Å²) in [6, 6.07) is 10.5. The van der Waals surface area contributed by atoms with E-state index in [-0.39, 0.29) is 36.0 Å². The number of benzene rings is 2. The summed E-state index contributed by atoms with van der Waals surface area (Å²) in [5.41, 5.74) is 0.838. The number of hydrogen-bond acceptors (Lipinski definition) is 7. The monoisotopic (exact) mass is 455 g/mol. The zero-order valence-electron chi connectivity index (χ0n) is 19.0. The SMILES string of the molecule is CCCOc1cccc(/C(O)=C2\C(=O)C(=O)N(CCOC)C2c2ccc(O)c(OCC)c2)c1. The van der Waals surface area contributed by atoms with Gasteiger partial charge in [-0.15, -0.1) is 0 Å². The number of nitrogens with zero attached hydrogens (tertiary/aromatic N) is 1. The molecule has 8 heteroatoms. The highest BCUT2D eigenvalue weighted by atomic mass is 16.5. The van der Waals surface area contributed by atoms with Crippen molar-refractivity contribution < 1.29 is 34.0 Å². The normalized spacial score (nSPS) is 17.4. The fourth-order valence-electron chi connectivity index (χ4n) is 3.73. The quantitative estimate of drug-likeness (QED) is 0.320. The molecule has 2 N–H and O–H groups in total. The lowest BCUT2D eigenvalue weighted by Gasteiger charge is -2.25. The van der Waals surface area contributed by atoms with Crippen LogP contribution in [0.3, 0.4) is 0 Å². The van der Waals surface area contributed by atoms with Crippen LogP contribution in [0.25, 0.3) is 5.76 Å². The molecular formula is C25H29NO7. The van der Waals surface area contributed by atoms with Gasteiger partial charge in [0.2, 0.25) is 0 Å². The number of likely N-dealkylation sites (tertiary alicyclic amines) is 1. The molecule has 1 unspecified atom stereocenters. The maximum Gasteiger partial charge on any atom is 0.295 e. The molecule has 1 heterocycles. The second kappa shape index (κ2) is 10.9. The Labute approximate surface area is 193 Å². The van der Waals surface area contributed by atoms with Gasteiger partial charge >= 0.3 is 0 Å². The number of aromatic hydroxyl groups is 1. The summed E-state index contributed by atoms with van der Waals surface area (Å²) in [7, 11) is 1.50. The van der Waals surface area contributed by atoms with Gasteiger partial charge in [0.05, 0.1) is 31.4 Å². The zero-order chi connectivity index (χ0) is 24.0. The number of aliphatic hydroxyl groups is 1. The number of methoxy groups -OCH3 is 1. The van der Waals surface area contributed by atoms with Crippen molar-refractivity contribution in [1.82, 2.24) is 4.90 Å². The minimum absolute atomic E-state index is 0.0446. The van der Waals surface area contributed by atoms with Gasteiger partial charge in [-0.05, 0) is 43.2 Å². The van der Waals surface area contributed by atoms with Crippen molar-refractivity contribution in [3.8, 4) is 17.2 Å². The molecule has 0 bridgehead atoms. The van der Waals surface area contributed by atoms with Gasteiger partial charge in [-0.2, -0.15) is 0 Å². The Kier molecular flexibility index (Phi) is 7.95. The Morgan fingerprint density at radius 2 is 1.85 bits per heavy atom. The molecule has 1 aliphatic rings. The van der Waals surface area contributed by atoms with Crippen molar-refractivity contribution in [3.63, 3.8) is 0 Å². The summed E-state index contributed by atoms with van der Waals surface area (Å²) >= 11 is 0. The molecule has 176 valence electrons. The molecule has 0 aromatic heterocycles. The lowest BCUT2D eigenvalue weighted by molar-refractivity contribution is -0.140. The predicted molar refractivity (Wildman–Crippen MR) is 122 cm³/mol.